The first-order valence-corrected chi connectivity index (χ1v) is 6.16. The van der Waals surface area contributed by atoms with Crippen molar-refractivity contribution in [2.75, 3.05) is 6.54 Å². The highest BCUT2D eigenvalue weighted by Gasteiger charge is 2.07. The predicted molar refractivity (Wildman–Crippen MR) is 69.0 cm³/mol. The standard InChI is InChI=1S/C14H18N2O2/c1-2-12-3-4-13(18-12)9-16-10-14(17)11-5-7-15-8-6-11/h3-8,14,16-17H,2,9-10H2,1H3. The number of nitrogens with zero attached hydrogens (tertiary/aromatic N) is 1. The van der Waals surface area contributed by atoms with E-state index in [1.807, 2.05) is 24.3 Å². The monoisotopic (exact) mass is 246 g/mol. The zero-order chi connectivity index (χ0) is 12.8. The molecule has 0 aliphatic carbocycles. The van der Waals surface area contributed by atoms with Crippen molar-refractivity contribution in [3.05, 3.63) is 53.7 Å². The lowest BCUT2D eigenvalue weighted by Gasteiger charge is -2.11. The maximum absolute atomic E-state index is 9.93. The molecular weight excluding hydrogens is 228 g/mol. The molecule has 4 heteroatoms. The summed E-state index contributed by atoms with van der Waals surface area (Å²) in [6.07, 6.45) is 3.74. The van der Waals surface area contributed by atoms with Gasteiger partial charge < -0.3 is 14.8 Å². The Labute approximate surface area is 107 Å². The lowest BCUT2D eigenvalue weighted by Crippen LogP contribution is -2.20. The van der Waals surface area contributed by atoms with Crippen LogP contribution in [0, 0.1) is 0 Å². The van der Waals surface area contributed by atoms with Gasteiger partial charge in [-0.25, -0.2) is 0 Å². The van der Waals surface area contributed by atoms with Crippen molar-refractivity contribution in [1.82, 2.24) is 10.3 Å². The number of rotatable bonds is 6. The summed E-state index contributed by atoms with van der Waals surface area (Å²) < 4.78 is 5.57. The Bertz CT molecular complexity index is 468. The van der Waals surface area contributed by atoms with Crippen LogP contribution in [0.15, 0.2) is 41.1 Å². The minimum atomic E-state index is -0.520. The van der Waals surface area contributed by atoms with Gasteiger partial charge in [-0.15, -0.1) is 0 Å². The van der Waals surface area contributed by atoms with Crippen LogP contribution in [0.3, 0.4) is 0 Å². The van der Waals surface area contributed by atoms with Crippen LogP contribution in [-0.4, -0.2) is 16.6 Å². The van der Waals surface area contributed by atoms with Crippen molar-refractivity contribution in [2.24, 2.45) is 0 Å². The zero-order valence-corrected chi connectivity index (χ0v) is 10.5. The van der Waals surface area contributed by atoms with Gasteiger partial charge in [-0.05, 0) is 29.8 Å². The summed E-state index contributed by atoms with van der Waals surface area (Å²) in [6, 6.07) is 7.57. The van der Waals surface area contributed by atoms with Gasteiger partial charge in [0, 0.05) is 25.4 Å². The number of aliphatic hydroxyl groups excluding tert-OH is 1. The molecule has 4 nitrogen and oxygen atoms in total. The van der Waals surface area contributed by atoms with E-state index in [1.54, 1.807) is 12.4 Å². The smallest absolute Gasteiger partial charge is 0.117 e. The lowest BCUT2D eigenvalue weighted by atomic mass is 10.1. The Morgan fingerprint density at radius 3 is 2.61 bits per heavy atom. The molecule has 2 heterocycles. The molecule has 0 amide bonds. The molecule has 2 rings (SSSR count). The van der Waals surface area contributed by atoms with Crippen LogP contribution in [0.5, 0.6) is 0 Å². The van der Waals surface area contributed by atoms with Crippen LogP contribution in [0.2, 0.25) is 0 Å². The van der Waals surface area contributed by atoms with Crippen molar-refractivity contribution < 1.29 is 9.52 Å². The Morgan fingerprint density at radius 1 is 1.22 bits per heavy atom. The molecule has 1 unspecified atom stereocenters. The van der Waals surface area contributed by atoms with Gasteiger partial charge in [0.05, 0.1) is 12.6 Å². The van der Waals surface area contributed by atoms with Gasteiger partial charge in [-0.2, -0.15) is 0 Å². The van der Waals surface area contributed by atoms with Crippen molar-refractivity contribution >= 4 is 0 Å². The highest BCUT2D eigenvalue weighted by molar-refractivity contribution is 5.13. The first-order chi connectivity index (χ1) is 8.79. The number of hydrogen-bond donors (Lipinski definition) is 2. The lowest BCUT2D eigenvalue weighted by molar-refractivity contribution is 0.173. The molecule has 0 saturated carbocycles. The normalized spacial score (nSPS) is 12.6. The maximum Gasteiger partial charge on any atom is 0.117 e. The van der Waals surface area contributed by atoms with Crippen molar-refractivity contribution in [2.45, 2.75) is 26.0 Å². The fraction of sp³-hybridized carbons (Fsp3) is 0.357. The molecule has 1 atom stereocenters. The first-order valence-electron chi connectivity index (χ1n) is 6.16. The highest BCUT2D eigenvalue weighted by atomic mass is 16.3. The molecule has 2 N–H and O–H groups in total. The summed E-state index contributed by atoms with van der Waals surface area (Å²) in [6.45, 7) is 3.18. The molecule has 0 aliphatic rings. The Hall–Kier alpha value is -1.65. The van der Waals surface area contributed by atoms with Gasteiger partial charge in [-0.1, -0.05) is 6.92 Å². The fourth-order valence-electron chi connectivity index (χ4n) is 1.74. The molecule has 0 aliphatic heterocycles. The summed E-state index contributed by atoms with van der Waals surface area (Å²) in [4.78, 5) is 3.92. The van der Waals surface area contributed by atoms with Crippen LogP contribution >= 0.6 is 0 Å². The average Bonchev–Trinajstić information content (AvgIpc) is 2.87. The summed E-state index contributed by atoms with van der Waals surface area (Å²) in [7, 11) is 0. The van der Waals surface area contributed by atoms with E-state index >= 15 is 0 Å². The molecule has 18 heavy (non-hydrogen) atoms. The number of aryl methyl sites for hydroxylation is 1. The van der Waals surface area contributed by atoms with Crippen molar-refractivity contribution in [3.63, 3.8) is 0 Å². The van der Waals surface area contributed by atoms with Gasteiger partial charge in [0.15, 0.2) is 0 Å². The maximum atomic E-state index is 9.93. The minimum absolute atomic E-state index is 0.492. The average molecular weight is 246 g/mol. The van der Waals surface area contributed by atoms with E-state index in [0.717, 1.165) is 23.5 Å². The Kier molecular flexibility index (Phi) is 4.50. The van der Waals surface area contributed by atoms with Crippen molar-refractivity contribution in [1.29, 1.82) is 0 Å². The Balaban J connectivity index is 1.78. The second kappa shape index (κ2) is 6.33. The summed E-state index contributed by atoms with van der Waals surface area (Å²) in [5.41, 5.74) is 0.867. The summed E-state index contributed by atoms with van der Waals surface area (Å²) in [5, 5.41) is 13.1. The summed E-state index contributed by atoms with van der Waals surface area (Å²) >= 11 is 0. The molecule has 0 bridgehead atoms. The molecule has 96 valence electrons. The van der Waals surface area contributed by atoms with E-state index in [9.17, 15) is 5.11 Å². The molecule has 0 fully saturated rings. The molecule has 0 saturated heterocycles. The van der Waals surface area contributed by atoms with Gasteiger partial charge >= 0.3 is 0 Å². The molecule has 2 aromatic heterocycles. The van der Waals surface area contributed by atoms with E-state index in [1.165, 1.54) is 0 Å². The number of hydrogen-bond acceptors (Lipinski definition) is 4. The summed E-state index contributed by atoms with van der Waals surface area (Å²) in [5.74, 6) is 1.88. The van der Waals surface area contributed by atoms with E-state index in [2.05, 4.69) is 17.2 Å². The largest absolute Gasteiger partial charge is 0.465 e. The van der Waals surface area contributed by atoms with E-state index < -0.39 is 6.10 Å². The third kappa shape index (κ3) is 3.42. The predicted octanol–water partition coefficient (Wildman–Crippen LogP) is 2.06. The molecule has 2 aromatic rings. The van der Waals surface area contributed by atoms with Gasteiger partial charge in [0.25, 0.3) is 0 Å². The number of furan rings is 1. The third-order valence-corrected chi connectivity index (χ3v) is 2.79. The van der Waals surface area contributed by atoms with Crippen LogP contribution in [-0.2, 0) is 13.0 Å². The number of nitrogens with one attached hydrogen (secondary N) is 1. The second-order valence-corrected chi connectivity index (χ2v) is 4.15. The van der Waals surface area contributed by atoms with Crippen LogP contribution in [0.4, 0.5) is 0 Å². The molecule has 0 spiro atoms. The van der Waals surface area contributed by atoms with Gasteiger partial charge in [-0.3, -0.25) is 4.98 Å². The molecular formula is C14H18N2O2. The Morgan fingerprint density at radius 2 is 1.94 bits per heavy atom. The van der Waals surface area contributed by atoms with Crippen LogP contribution in [0.1, 0.15) is 30.1 Å². The minimum Gasteiger partial charge on any atom is -0.465 e. The van der Waals surface area contributed by atoms with Gasteiger partial charge in [0.2, 0.25) is 0 Å². The van der Waals surface area contributed by atoms with Crippen LogP contribution < -0.4 is 5.32 Å². The molecule has 0 radical (unpaired) electrons. The van der Waals surface area contributed by atoms with Crippen molar-refractivity contribution in [3.8, 4) is 0 Å². The van der Waals surface area contributed by atoms with E-state index in [4.69, 9.17) is 4.42 Å². The number of aromatic nitrogens is 1. The highest BCUT2D eigenvalue weighted by Crippen LogP contribution is 2.11. The fourth-order valence-corrected chi connectivity index (χ4v) is 1.74. The van der Waals surface area contributed by atoms with E-state index in [-0.39, 0.29) is 0 Å². The number of aliphatic hydroxyl groups is 1. The van der Waals surface area contributed by atoms with E-state index in [0.29, 0.717) is 13.1 Å². The zero-order valence-electron chi connectivity index (χ0n) is 10.5. The first kappa shape index (κ1) is 12.8. The molecule has 0 aromatic carbocycles. The van der Waals surface area contributed by atoms with Crippen LogP contribution in [0.25, 0.3) is 0 Å². The third-order valence-electron chi connectivity index (χ3n) is 2.79. The SMILES string of the molecule is CCc1ccc(CNCC(O)c2ccncc2)o1. The topological polar surface area (TPSA) is 58.3 Å². The number of pyridine rings is 1. The second-order valence-electron chi connectivity index (χ2n) is 4.15. The van der Waals surface area contributed by atoms with Gasteiger partial charge in [0.1, 0.15) is 11.5 Å². The quantitative estimate of drug-likeness (QED) is 0.819.